The van der Waals surface area contributed by atoms with Crippen LogP contribution in [0.1, 0.15) is 44.2 Å². The van der Waals surface area contributed by atoms with E-state index in [1.54, 1.807) is 0 Å². The Hall–Kier alpha value is -1.64. The third kappa shape index (κ3) is 4.86. The molecule has 0 N–H and O–H groups in total. The summed E-state index contributed by atoms with van der Waals surface area (Å²) in [6, 6.07) is 8.05. The van der Waals surface area contributed by atoms with E-state index in [9.17, 15) is 9.59 Å². The molecule has 1 aromatic carbocycles. The highest BCUT2D eigenvalue weighted by Crippen LogP contribution is 2.19. The minimum absolute atomic E-state index is 0.108. The second kappa shape index (κ2) is 7.07. The van der Waals surface area contributed by atoms with E-state index in [2.05, 4.69) is 30.7 Å². The number of esters is 1. The van der Waals surface area contributed by atoms with Crippen molar-refractivity contribution >= 4 is 11.8 Å². The molecule has 0 amide bonds. The second-order valence-corrected chi connectivity index (χ2v) is 5.28. The number of ketones is 1. The molecule has 0 aliphatic carbocycles. The summed E-state index contributed by atoms with van der Waals surface area (Å²) >= 11 is 0. The predicted molar refractivity (Wildman–Crippen MR) is 75.0 cm³/mol. The molecule has 0 aromatic heterocycles. The molecule has 0 aliphatic rings. The van der Waals surface area contributed by atoms with Gasteiger partial charge in [0, 0.05) is 5.92 Å². The summed E-state index contributed by atoms with van der Waals surface area (Å²) in [5.74, 6) is -0.242. The molecule has 19 heavy (non-hydrogen) atoms. The lowest BCUT2D eigenvalue weighted by molar-refractivity contribution is -0.143. The maximum atomic E-state index is 11.9. The van der Waals surface area contributed by atoms with Crippen LogP contribution in [0.2, 0.25) is 0 Å². The van der Waals surface area contributed by atoms with Crippen LogP contribution in [-0.2, 0) is 20.7 Å². The number of Topliss-reactive ketones (excluding diaryl/α,β-unsaturated/α-hetero) is 1. The van der Waals surface area contributed by atoms with Gasteiger partial charge in [-0.25, -0.2) is 0 Å². The van der Waals surface area contributed by atoms with Gasteiger partial charge in [-0.2, -0.15) is 0 Å². The maximum absolute atomic E-state index is 11.9. The molecule has 0 radical (unpaired) electrons. The Morgan fingerprint density at radius 1 is 1.11 bits per heavy atom. The fraction of sp³-hybridized carbons (Fsp3) is 0.500. The van der Waals surface area contributed by atoms with Gasteiger partial charge in [0.25, 0.3) is 0 Å². The molecule has 0 heterocycles. The van der Waals surface area contributed by atoms with Crippen molar-refractivity contribution in [1.29, 1.82) is 0 Å². The van der Waals surface area contributed by atoms with E-state index in [0.29, 0.717) is 5.92 Å². The molecule has 0 aliphatic heterocycles. The summed E-state index contributed by atoms with van der Waals surface area (Å²) < 4.78 is 4.51. The summed E-state index contributed by atoms with van der Waals surface area (Å²) in [5, 5.41) is 0. The lowest BCUT2D eigenvalue weighted by Crippen LogP contribution is -2.15. The quantitative estimate of drug-likeness (QED) is 0.584. The summed E-state index contributed by atoms with van der Waals surface area (Å²) in [7, 11) is 1.29. The van der Waals surface area contributed by atoms with Crippen molar-refractivity contribution < 1.29 is 14.3 Å². The maximum Gasteiger partial charge on any atom is 0.313 e. The molecule has 1 aromatic rings. The van der Waals surface area contributed by atoms with Crippen LogP contribution in [0.3, 0.4) is 0 Å². The predicted octanol–water partition coefficient (Wildman–Crippen LogP) is 3.12. The van der Waals surface area contributed by atoms with Crippen molar-refractivity contribution in [3.63, 3.8) is 0 Å². The smallest absolute Gasteiger partial charge is 0.313 e. The van der Waals surface area contributed by atoms with Crippen molar-refractivity contribution in [2.45, 2.75) is 39.5 Å². The van der Waals surface area contributed by atoms with Crippen LogP contribution in [0, 0.1) is 5.92 Å². The molecule has 3 nitrogen and oxygen atoms in total. The Bertz CT molecular complexity index is 432. The Balaban J connectivity index is 2.69. The fourth-order valence-corrected chi connectivity index (χ4v) is 1.97. The van der Waals surface area contributed by atoms with Gasteiger partial charge in [-0.05, 0) is 23.5 Å². The lowest BCUT2D eigenvalue weighted by Gasteiger charge is -2.11. The van der Waals surface area contributed by atoms with Crippen LogP contribution >= 0.6 is 0 Å². The van der Waals surface area contributed by atoms with E-state index in [-0.39, 0.29) is 18.1 Å². The molecule has 0 fully saturated rings. The highest BCUT2D eigenvalue weighted by molar-refractivity contribution is 5.98. The van der Waals surface area contributed by atoms with E-state index < -0.39 is 5.97 Å². The number of methoxy groups -OCH3 is 1. The van der Waals surface area contributed by atoms with Gasteiger partial charge in [0.15, 0.2) is 5.78 Å². The zero-order chi connectivity index (χ0) is 14.4. The van der Waals surface area contributed by atoms with E-state index in [4.69, 9.17) is 0 Å². The van der Waals surface area contributed by atoms with Crippen molar-refractivity contribution in [2.75, 3.05) is 7.11 Å². The Labute approximate surface area is 115 Å². The monoisotopic (exact) mass is 262 g/mol. The third-order valence-electron chi connectivity index (χ3n) is 3.15. The number of hydrogen-bond donors (Lipinski definition) is 0. The summed E-state index contributed by atoms with van der Waals surface area (Å²) in [5.41, 5.74) is 2.22. The fourth-order valence-electron chi connectivity index (χ4n) is 1.97. The first-order valence-electron chi connectivity index (χ1n) is 6.62. The molecule has 1 rings (SSSR count). The SMILES string of the molecule is COC(=O)CC(=O)[C@H](C)c1ccc(CC(C)C)cc1. The third-order valence-corrected chi connectivity index (χ3v) is 3.15. The molecular formula is C16H22O3. The number of hydrogen-bond acceptors (Lipinski definition) is 3. The van der Waals surface area contributed by atoms with Gasteiger partial charge in [0.05, 0.1) is 7.11 Å². The summed E-state index contributed by atoms with van der Waals surface area (Å²) in [4.78, 5) is 23.0. The zero-order valence-electron chi connectivity index (χ0n) is 12.1. The lowest BCUT2D eigenvalue weighted by atomic mass is 9.93. The Morgan fingerprint density at radius 2 is 1.68 bits per heavy atom. The first kappa shape index (κ1) is 15.4. The number of ether oxygens (including phenoxy) is 1. The molecule has 104 valence electrons. The van der Waals surface area contributed by atoms with Crippen LogP contribution < -0.4 is 0 Å². The topological polar surface area (TPSA) is 43.4 Å². The zero-order valence-corrected chi connectivity index (χ0v) is 12.1. The van der Waals surface area contributed by atoms with E-state index in [1.165, 1.54) is 12.7 Å². The van der Waals surface area contributed by atoms with Gasteiger partial charge in [-0.3, -0.25) is 9.59 Å². The average molecular weight is 262 g/mol. The minimum Gasteiger partial charge on any atom is -0.469 e. The first-order valence-corrected chi connectivity index (χ1v) is 6.62. The van der Waals surface area contributed by atoms with Gasteiger partial charge in [-0.15, -0.1) is 0 Å². The Morgan fingerprint density at radius 3 is 2.16 bits per heavy atom. The van der Waals surface area contributed by atoms with Crippen molar-refractivity contribution in [3.8, 4) is 0 Å². The number of rotatable bonds is 6. The standard InChI is InChI=1S/C16H22O3/c1-11(2)9-13-5-7-14(8-6-13)12(3)15(17)10-16(18)19-4/h5-8,11-12H,9-10H2,1-4H3/t12-/m1/s1. The first-order chi connectivity index (χ1) is 8.93. The molecule has 0 saturated carbocycles. The van der Waals surface area contributed by atoms with Crippen molar-refractivity contribution in [2.24, 2.45) is 5.92 Å². The number of benzene rings is 1. The van der Waals surface area contributed by atoms with Crippen molar-refractivity contribution in [1.82, 2.24) is 0 Å². The van der Waals surface area contributed by atoms with Gasteiger partial charge in [0.2, 0.25) is 0 Å². The van der Waals surface area contributed by atoms with E-state index in [0.717, 1.165) is 12.0 Å². The normalized spacial score (nSPS) is 12.3. The Kier molecular flexibility index (Phi) is 5.74. The average Bonchev–Trinajstić information content (AvgIpc) is 2.37. The molecule has 0 spiro atoms. The number of carbonyl (C=O) groups excluding carboxylic acids is 2. The molecule has 0 unspecified atom stereocenters. The van der Waals surface area contributed by atoms with Gasteiger partial charge < -0.3 is 4.74 Å². The van der Waals surface area contributed by atoms with Crippen LogP contribution in [0.15, 0.2) is 24.3 Å². The van der Waals surface area contributed by atoms with Crippen LogP contribution in [0.25, 0.3) is 0 Å². The highest BCUT2D eigenvalue weighted by atomic mass is 16.5. The minimum atomic E-state index is -0.478. The molecule has 0 bridgehead atoms. The van der Waals surface area contributed by atoms with E-state index >= 15 is 0 Å². The van der Waals surface area contributed by atoms with Crippen LogP contribution in [0.4, 0.5) is 0 Å². The van der Waals surface area contributed by atoms with Crippen LogP contribution in [0.5, 0.6) is 0 Å². The second-order valence-electron chi connectivity index (χ2n) is 5.28. The summed E-state index contributed by atoms with van der Waals surface area (Å²) in [6.07, 6.45) is 0.871. The largest absolute Gasteiger partial charge is 0.469 e. The molecule has 0 saturated heterocycles. The highest BCUT2D eigenvalue weighted by Gasteiger charge is 2.18. The molecule has 3 heteroatoms. The van der Waals surface area contributed by atoms with Crippen LogP contribution in [-0.4, -0.2) is 18.9 Å². The molecular weight excluding hydrogens is 240 g/mol. The van der Waals surface area contributed by atoms with Gasteiger partial charge in [-0.1, -0.05) is 45.0 Å². The number of carbonyl (C=O) groups is 2. The molecule has 1 atom stereocenters. The van der Waals surface area contributed by atoms with Gasteiger partial charge in [0.1, 0.15) is 6.42 Å². The van der Waals surface area contributed by atoms with Gasteiger partial charge >= 0.3 is 5.97 Å². The summed E-state index contributed by atoms with van der Waals surface area (Å²) in [6.45, 7) is 6.18. The van der Waals surface area contributed by atoms with Crippen molar-refractivity contribution in [3.05, 3.63) is 35.4 Å². The van der Waals surface area contributed by atoms with E-state index in [1.807, 2.05) is 19.1 Å².